The van der Waals surface area contributed by atoms with Crippen LogP contribution in [0.15, 0.2) is 53.9 Å². The summed E-state index contributed by atoms with van der Waals surface area (Å²) < 4.78 is 0. The Morgan fingerprint density at radius 3 is 2.67 bits per heavy atom. The zero-order chi connectivity index (χ0) is 17.1. The normalized spacial score (nSPS) is 11.8. The highest BCUT2D eigenvalue weighted by atomic mass is 32.1. The lowest BCUT2D eigenvalue weighted by Crippen LogP contribution is -2.29. The molecule has 6 nitrogen and oxygen atoms in total. The number of nitrogens with two attached hydrogens (primary N) is 2. The molecule has 2 aromatic heterocycles. The molecule has 1 amide bonds. The standard InChI is InChI=1S/C17H16N4O2S/c18-14-7-6-12(16(19)20-14)17(23)21-15(13-5-2-8-24-13)10-3-1-4-11(22)9-10/h1-9,15,22H,(H,21,23)(H4,18,19,20). The van der Waals surface area contributed by atoms with Gasteiger partial charge in [0.25, 0.3) is 5.91 Å². The Bertz CT molecular complexity index is 865. The van der Waals surface area contributed by atoms with Gasteiger partial charge in [0.2, 0.25) is 0 Å². The lowest BCUT2D eigenvalue weighted by atomic mass is 10.0. The molecule has 0 fully saturated rings. The van der Waals surface area contributed by atoms with Crippen molar-refractivity contribution in [2.24, 2.45) is 0 Å². The molecule has 0 aliphatic rings. The van der Waals surface area contributed by atoms with Gasteiger partial charge in [0, 0.05) is 4.88 Å². The monoisotopic (exact) mass is 340 g/mol. The van der Waals surface area contributed by atoms with E-state index in [9.17, 15) is 9.90 Å². The van der Waals surface area contributed by atoms with E-state index in [2.05, 4.69) is 10.3 Å². The minimum atomic E-state index is -0.401. The van der Waals surface area contributed by atoms with Gasteiger partial charge in [-0.3, -0.25) is 4.79 Å². The summed E-state index contributed by atoms with van der Waals surface area (Å²) in [6.07, 6.45) is 0. The largest absolute Gasteiger partial charge is 0.508 e. The first-order chi connectivity index (χ1) is 11.5. The molecule has 7 heteroatoms. The summed E-state index contributed by atoms with van der Waals surface area (Å²) in [6.45, 7) is 0. The van der Waals surface area contributed by atoms with Crippen molar-refractivity contribution in [1.82, 2.24) is 10.3 Å². The molecular weight excluding hydrogens is 324 g/mol. The van der Waals surface area contributed by atoms with Crippen LogP contribution in [0.1, 0.15) is 26.8 Å². The molecule has 3 aromatic rings. The van der Waals surface area contributed by atoms with Crippen molar-refractivity contribution in [3.05, 3.63) is 69.9 Å². The second-order valence-corrected chi connectivity index (χ2v) is 6.17. The topological polar surface area (TPSA) is 114 Å². The van der Waals surface area contributed by atoms with Crippen LogP contribution in [0, 0.1) is 0 Å². The van der Waals surface area contributed by atoms with E-state index in [1.807, 2.05) is 23.6 Å². The number of aromatic nitrogens is 1. The number of thiophene rings is 1. The van der Waals surface area contributed by atoms with Crippen LogP contribution in [0.4, 0.5) is 11.6 Å². The SMILES string of the molecule is Nc1ccc(C(=O)NC(c2cccc(O)c2)c2cccs2)c(N)n1. The van der Waals surface area contributed by atoms with Gasteiger partial charge in [-0.25, -0.2) is 4.98 Å². The zero-order valence-electron chi connectivity index (χ0n) is 12.6. The van der Waals surface area contributed by atoms with Crippen molar-refractivity contribution in [2.75, 3.05) is 11.5 Å². The molecule has 1 atom stereocenters. The number of nitrogens with one attached hydrogen (secondary N) is 1. The number of carbonyl (C=O) groups excluding carboxylic acids is 1. The van der Waals surface area contributed by atoms with Crippen LogP contribution in [-0.4, -0.2) is 16.0 Å². The van der Waals surface area contributed by atoms with Crippen LogP contribution < -0.4 is 16.8 Å². The lowest BCUT2D eigenvalue weighted by molar-refractivity contribution is 0.0944. The van der Waals surface area contributed by atoms with Crippen molar-refractivity contribution in [2.45, 2.75) is 6.04 Å². The fourth-order valence-electron chi connectivity index (χ4n) is 2.37. The number of anilines is 2. The van der Waals surface area contributed by atoms with E-state index in [0.29, 0.717) is 0 Å². The molecule has 0 aliphatic carbocycles. The van der Waals surface area contributed by atoms with Crippen molar-refractivity contribution in [3.8, 4) is 5.75 Å². The molecule has 6 N–H and O–H groups in total. The molecule has 0 saturated heterocycles. The molecule has 1 aromatic carbocycles. The number of hydrogen-bond donors (Lipinski definition) is 4. The lowest BCUT2D eigenvalue weighted by Gasteiger charge is -2.19. The van der Waals surface area contributed by atoms with Crippen LogP contribution in [0.3, 0.4) is 0 Å². The van der Waals surface area contributed by atoms with Gasteiger partial charge in [-0.1, -0.05) is 18.2 Å². The predicted octanol–water partition coefficient (Wildman–Crippen LogP) is 2.53. The van der Waals surface area contributed by atoms with Crippen LogP contribution in [-0.2, 0) is 0 Å². The fourth-order valence-corrected chi connectivity index (χ4v) is 3.17. The number of rotatable bonds is 4. The average Bonchev–Trinajstić information content (AvgIpc) is 3.06. The maximum Gasteiger partial charge on any atom is 0.255 e. The molecule has 0 radical (unpaired) electrons. The molecule has 1 unspecified atom stereocenters. The van der Waals surface area contributed by atoms with Crippen molar-refractivity contribution in [3.63, 3.8) is 0 Å². The molecule has 24 heavy (non-hydrogen) atoms. The number of nitrogen functional groups attached to an aromatic ring is 2. The number of phenolic OH excluding ortho intramolecular Hbond substituents is 1. The first kappa shape index (κ1) is 15.8. The van der Waals surface area contributed by atoms with E-state index in [-0.39, 0.29) is 28.9 Å². The summed E-state index contributed by atoms with van der Waals surface area (Å²) in [5, 5.41) is 14.6. The third-order valence-corrected chi connectivity index (χ3v) is 4.43. The summed E-state index contributed by atoms with van der Waals surface area (Å²) in [5.74, 6) is 0.110. The third-order valence-electron chi connectivity index (χ3n) is 3.50. The number of nitrogens with zero attached hydrogens (tertiary/aromatic N) is 1. The third kappa shape index (κ3) is 3.31. The summed E-state index contributed by atoms with van der Waals surface area (Å²) in [5.41, 5.74) is 12.4. The van der Waals surface area contributed by atoms with Crippen molar-refractivity contribution < 1.29 is 9.90 Å². The fraction of sp³-hybridized carbons (Fsp3) is 0.0588. The minimum absolute atomic E-state index is 0.0772. The van der Waals surface area contributed by atoms with Gasteiger partial charge >= 0.3 is 0 Å². The number of phenols is 1. The molecule has 0 spiro atoms. The van der Waals surface area contributed by atoms with Crippen molar-refractivity contribution in [1.29, 1.82) is 0 Å². The molecule has 2 heterocycles. The second-order valence-electron chi connectivity index (χ2n) is 5.19. The van der Waals surface area contributed by atoms with E-state index in [1.54, 1.807) is 24.3 Å². The van der Waals surface area contributed by atoms with Crippen LogP contribution in [0.2, 0.25) is 0 Å². The Morgan fingerprint density at radius 1 is 1.17 bits per heavy atom. The maximum absolute atomic E-state index is 12.6. The van der Waals surface area contributed by atoms with Gasteiger partial charge in [0.05, 0.1) is 11.6 Å². The van der Waals surface area contributed by atoms with Gasteiger partial charge in [0.1, 0.15) is 17.4 Å². The van der Waals surface area contributed by atoms with Crippen molar-refractivity contribution >= 4 is 28.9 Å². The highest BCUT2D eigenvalue weighted by molar-refractivity contribution is 7.10. The molecule has 3 rings (SSSR count). The molecular formula is C17H16N4O2S. The van der Waals surface area contributed by atoms with Gasteiger partial charge in [-0.05, 0) is 41.3 Å². The summed E-state index contributed by atoms with van der Waals surface area (Å²) in [6, 6.07) is 13.3. The Hall–Kier alpha value is -3.06. The first-order valence-electron chi connectivity index (χ1n) is 7.20. The van der Waals surface area contributed by atoms with Crippen LogP contribution >= 0.6 is 11.3 Å². The number of pyridine rings is 1. The minimum Gasteiger partial charge on any atom is -0.508 e. The number of hydrogen-bond acceptors (Lipinski definition) is 6. The summed E-state index contributed by atoms with van der Waals surface area (Å²) in [4.78, 5) is 17.5. The summed E-state index contributed by atoms with van der Waals surface area (Å²) >= 11 is 1.51. The summed E-state index contributed by atoms with van der Waals surface area (Å²) in [7, 11) is 0. The number of carbonyl (C=O) groups is 1. The van der Waals surface area contributed by atoms with E-state index in [4.69, 9.17) is 11.5 Å². The first-order valence-corrected chi connectivity index (χ1v) is 8.08. The van der Waals surface area contributed by atoms with Gasteiger partial charge in [-0.15, -0.1) is 11.3 Å². The van der Waals surface area contributed by atoms with Gasteiger partial charge in [-0.2, -0.15) is 0 Å². The van der Waals surface area contributed by atoms with Gasteiger partial charge < -0.3 is 21.9 Å². The van der Waals surface area contributed by atoms with E-state index >= 15 is 0 Å². The number of amides is 1. The van der Waals surface area contributed by atoms with E-state index < -0.39 is 6.04 Å². The van der Waals surface area contributed by atoms with Crippen LogP contribution in [0.5, 0.6) is 5.75 Å². The Balaban J connectivity index is 1.94. The molecule has 0 bridgehead atoms. The van der Waals surface area contributed by atoms with Crippen LogP contribution in [0.25, 0.3) is 0 Å². The Kier molecular flexibility index (Phi) is 4.35. The Morgan fingerprint density at radius 2 is 2.00 bits per heavy atom. The zero-order valence-corrected chi connectivity index (χ0v) is 13.5. The smallest absolute Gasteiger partial charge is 0.255 e. The van der Waals surface area contributed by atoms with E-state index in [0.717, 1.165) is 10.4 Å². The maximum atomic E-state index is 12.6. The Labute approximate surface area is 142 Å². The average molecular weight is 340 g/mol. The second kappa shape index (κ2) is 6.59. The van der Waals surface area contributed by atoms with Gasteiger partial charge in [0.15, 0.2) is 0 Å². The predicted molar refractivity (Wildman–Crippen MR) is 94.8 cm³/mol. The molecule has 0 aliphatic heterocycles. The highest BCUT2D eigenvalue weighted by Crippen LogP contribution is 2.28. The molecule has 122 valence electrons. The number of benzene rings is 1. The molecule has 0 saturated carbocycles. The number of aromatic hydroxyl groups is 1. The highest BCUT2D eigenvalue weighted by Gasteiger charge is 2.20. The quantitative estimate of drug-likeness (QED) is 0.583. The van der Waals surface area contributed by atoms with E-state index in [1.165, 1.54) is 17.4 Å².